The molecule has 3 aliphatic rings. The molecule has 0 bridgehead atoms. The second kappa shape index (κ2) is 7.28. The second-order valence-electron chi connectivity index (χ2n) is 7.45. The molecule has 0 spiro atoms. The van der Waals surface area contributed by atoms with Gasteiger partial charge in [0, 0.05) is 30.9 Å². The molecule has 1 aliphatic heterocycles. The van der Waals surface area contributed by atoms with Crippen LogP contribution in [0.2, 0.25) is 0 Å². The van der Waals surface area contributed by atoms with E-state index in [1.54, 1.807) is 0 Å². The van der Waals surface area contributed by atoms with Gasteiger partial charge >= 0.3 is 0 Å². The molecule has 6 nitrogen and oxygen atoms in total. The Labute approximate surface area is 147 Å². The number of Topliss-reactive ketones (excluding diaryl/α,β-unsaturated/α-hetero) is 1. The SMILES string of the molecule is O=C1CCCC[C@@H]1[C@@H]1COCCN1C(=O)c1noc2c1CCCCC2. The number of ketones is 1. The lowest BCUT2D eigenvalue weighted by molar-refractivity contribution is -0.129. The van der Waals surface area contributed by atoms with E-state index in [9.17, 15) is 9.59 Å². The van der Waals surface area contributed by atoms with Crippen LogP contribution in [0.1, 0.15) is 66.8 Å². The zero-order valence-electron chi connectivity index (χ0n) is 14.7. The highest BCUT2D eigenvalue weighted by atomic mass is 16.5. The molecule has 6 heteroatoms. The quantitative estimate of drug-likeness (QED) is 0.770. The van der Waals surface area contributed by atoms with E-state index in [0.717, 1.165) is 62.7 Å². The molecule has 1 saturated heterocycles. The number of carbonyl (C=O) groups is 2. The van der Waals surface area contributed by atoms with Gasteiger partial charge in [0.1, 0.15) is 11.5 Å². The number of nitrogens with zero attached hydrogens (tertiary/aromatic N) is 2. The van der Waals surface area contributed by atoms with E-state index in [-0.39, 0.29) is 23.7 Å². The van der Waals surface area contributed by atoms with Crippen LogP contribution in [0, 0.1) is 5.92 Å². The summed E-state index contributed by atoms with van der Waals surface area (Å²) in [6.07, 6.45) is 8.54. The normalized spacial score (nSPS) is 27.7. The largest absolute Gasteiger partial charge is 0.377 e. The van der Waals surface area contributed by atoms with Gasteiger partial charge in [-0.25, -0.2) is 0 Å². The first-order valence-corrected chi connectivity index (χ1v) is 9.64. The molecule has 2 atom stereocenters. The molecule has 1 aromatic rings. The molecule has 1 saturated carbocycles. The number of morpholine rings is 1. The Balaban J connectivity index is 1.59. The van der Waals surface area contributed by atoms with Crippen molar-refractivity contribution < 1.29 is 18.8 Å². The number of carbonyl (C=O) groups excluding carboxylic acids is 2. The van der Waals surface area contributed by atoms with Crippen LogP contribution < -0.4 is 0 Å². The van der Waals surface area contributed by atoms with Gasteiger partial charge in [-0.15, -0.1) is 0 Å². The highest BCUT2D eigenvalue weighted by molar-refractivity contribution is 5.95. The maximum absolute atomic E-state index is 13.2. The summed E-state index contributed by atoms with van der Waals surface area (Å²) < 4.78 is 11.1. The van der Waals surface area contributed by atoms with Crippen LogP contribution >= 0.6 is 0 Å². The summed E-state index contributed by atoms with van der Waals surface area (Å²) >= 11 is 0. The number of rotatable bonds is 2. The molecular formula is C19H26N2O4. The Morgan fingerprint density at radius 3 is 2.80 bits per heavy atom. The van der Waals surface area contributed by atoms with Crippen molar-refractivity contribution in [2.45, 2.75) is 63.8 Å². The van der Waals surface area contributed by atoms with Crippen molar-refractivity contribution in [3.05, 3.63) is 17.0 Å². The van der Waals surface area contributed by atoms with E-state index in [0.29, 0.717) is 31.9 Å². The van der Waals surface area contributed by atoms with Gasteiger partial charge in [0.25, 0.3) is 5.91 Å². The van der Waals surface area contributed by atoms with Gasteiger partial charge in [-0.2, -0.15) is 0 Å². The number of aromatic nitrogens is 1. The summed E-state index contributed by atoms with van der Waals surface area (Å²) in [5.74, 6) is 0.972. The molecule has 136 valence electrons. The van der Waals surface area contributed by atoms with Crippen molar-refractivity contribution in [2.24, 2.45) is 5.92 Å². The molecule has 1 amide bonds. The Morgan fingerprint density at radius 2 is 1.92 bits per heavy atom. The van der Waals surface area contributed by atoms with E-state index >= 15 is 0 Å². The van der Waals surface area contributed by atoms with Crippen LogP contribution in [0.5, 0.6) is 0 Å². The van der Waals surface area contributed by atoms with Crippen LogP contribution in [0.15, 0.2) is 4.52 Å². The average molecular weight is 346 g/mol. The van der Waals surface area contributed by atoms with Crippen LogP contribution in [-0.2, 0) is 22.4 Å². The number of aryl methyl sites for hydroxylation is 1. The van der Waals surface area contributed by atoms with Crippen molar-refractivity contribution in [1.29, 1.82) is 0 Å². The maximum Gasteiger partial charge on any atom is 0.276 e. The number of amides is 1. The predicted molar refractivity (Wildman–Crippen MR) is 90.4 cm³/mol. The molecule has 2 aliphatic carbocycles. The van der Waals surface area contributed by atoms with Crippen LogP contribution in [0.3, 0.4) is 0 Å². The zero-order valence-corrected chi connectivity index (χ0v) is 14.7. The molecular weight excluding hydrogens is 320 g/mol. The van der Waals surface area contributed by atoms with Crippen molar-refractivity contribution in [3.8, 4) is 0 Å². The third kappa shape index (κ3) is 3.24. The third-order valence-electron chi connectivity index (χ3n) is 5.90. The standard InChI is InChI=1S/C19H26N2O4/c22-16-8-5-4-6-13(16)15-12-24-11-10-21(15)19(23)18-14-7-2-1-3-9-17(14)25-20-18/h13,15H,1-12H2/t13-,15+/m1/s1. The lowest BCUT2D eigenvalue weighted by Crippen LogP contribution is -2.54. The van der Waals surface area contributed by atoms with E-state index in [1.165, 1.54) is 0 Å². The number of ether oxygens (including phenoxy) is 1. The van der Waals surface area contributed by atoms with Gasteiger partial charge in [-0.1, -0.05) is 18.0 Å². The molecule has 1 aromatic heterocycles. The highest BCUT2D eigenvalue weighted by Crippen LogP contribution is 2.30. The Bertz CT molecular complexity index is 654. The Morgan fingerprint density at radius 1 is 1.08 bits per heavy atom. The van der Waals surface area contributed by atoms with E-state index in [1.807, 2.05) is 4.90 Å². The van der Waals surface area contributed by atoms with Gasteiger partial charge in [0.2, 0.25) is 0 Å². The Hall–Kier alpha value is -1.69. The molecule has 0 unspecified atom stereocenters. The van der Waals surface area contributed by atoms with Crippen molar-refractivity contribution in [1.82, 2.24) is 10.1 Å². The minimum Gasteiger partial charge on any atom is -0.377 e. The lowest BCUT2D eigenvalue weighted by atomic mass is 9.82. The van der Waals surface area contributed by atoms with Crippen LogP contribution in [0.25, 0.3) is 0 Å². The van der Waals surface area contributed by atoms with E-state index in [2.05, 4.69) is 5.16 Å². The van der Waals surface area contributed by atoms with Crippen molar-refractivity contribution >= 4 is 11.7 Å². The van der Waals surface area contributed by atoms with Gasteiger partial charge in [0.15, 0.2) is 5.69 Å². The van der Waals surface area contributed by atoms with Crippen LogP contribution in [0.4, 0.5) is 0 Å². The first-order chi connectivity index (χ1) is 12.3. The van der Waals surface area contributed by atoms with Crippen molar-refractivity contribution in [2.75, 3.05) is 19.8 Å². The molecule has 4 rings (SSSR count). The summed E-state index contributed by atoms with van der Waals surface area (Å²) in [4.78, 5) is 27.5. The summed E-state index contributed by atoms with van der Waals surface area (Å²) in [5, 5.41) is 4.12. The maximum atomic E-state index is 13.2. The summed E-state index contributed by atoms with van der Waals surface area (Å²) in [6, 6.07) is -0.160. The molecule has 2 heterocycles. The highest BCUT2D eigenvalue weighted by Gasteiger charge is 2.40. The minimum atomic E-state index is -0.160. The monoisotopic (exact) mass is 346 g/mol. The molecule has 0 radical (unpaired) electrons. The molecule has 0 N–H and O–H groups in total. The van der Waals surface area contributed by atoms with Gasteiger partial charge < -0.3 is 14.2 Å². The summed E-state index contributed by atoms with van der Waals surface area (Å²) in [5.41, 5.74) is 1.45. The zero-order chi connectivity index (χ0) is 17.2. The van der Waals surface area contributed by atoms with Gasteiger partial charge in [0.05, 0.1) is 19.3 Å². The van der Waals surface area contributed by atoms with E-state index in [4.69, 9.17) is 9.26 Å². The minimum absolute atomic E-state index is 0.0847. The van der Waals surface area contributed by atoms with Crippen molar-refractivity contribution in [3.63, 3.8) is 0 Å². The number of hydrogen-bond acceptors (Lipinski definition) is 5. The fourth-order valence-corrected chi connectivity index (χ4v) is 4.49. The van der Waals surface area contributed by atoms with Gasteiger partial charge in [-0.05, 0) is 32.1 Å². The smallest absolute Gasteiger partial charge is 0.276 e. The average Bonchev–Trinajstić information content (AvgIpc) is 2.90. The number of hydrogen-bond donors (Lipinski definition) is 0. The van der Waals surface area contributed by atoms with Gasteiger partial charge in [-0.3, -0.25) is 9.59 Å². The topological polar surface area (TPSA) is 72.6 Å². The second-order valence-corrected chi connectivity index (χ2v) is 7.45. The molecule has 25 heavy (non-hydrogen) atoms. The Kier molecular flexibility index (Phi) is 4.88. The first kappa shape index (κ1) is 16.8. The third-order valence-corrected chi connectivity index (χ3v) is 5.90. The number of fused-ring (bicyclic) bond motifs is 1. The summed E-state index contributed by atoms with van der Waals surface area (Å²) in [6.45, 7) is 1.49. The fraction of sp³-hybridized carbons (Fsp3) is 0.737. The van der Waals surface area contributed by atoms with E-state index < -0.39 is 0 Å². The first-order valence-electron chi connectivity index (χ1n) is 9.64. The lowest BCUT2D eigenvalue weighted by Gasteiger charge is -2.40. The fourth-order valence-electron chi connectivity index (χ4n) is 4.49. The molecule has 2 fully saturated rings. The van der Waals surface area contributed by atoms with Crippen LogP contribution in [-0.4, -0.2) is 47.5 Å². The summed E-state index contributed by atoms with van der Waals surface area (Å²) in [7, 11) is 0. The predicted octanol–water partition coefficient (Wildman–Crippen LogP) is 2.54. The molecule has 0 aromatic carbocycles.